The van der Waals surface area contributed by atoms with E-state index in [-0.39, 0.29) is 0 Å². The van der Waals surface area contributed by atoms with Gasteiger partial charge in [0.2, 0.25) is 0 Å². The third-order valence-corrected chi connectivity index (χ3v) is 3.38. The highest BCUT2D eigenvalue weighted by Crippen LogP contribution is 2.22. The minimum absolute atomic E-state index is 0.412. The number of hydrogen-bond donors (Lipinski definition) is 1. The van der Waals surface area contributed by atoms with Crippen molar-refractivity contribution >= 4 is 0 Å². The molecule has 3 heteroatoms. The van der Waals surface area contributed by atoms with Gasteiger partial charge in [-0.2, -0.15) is 0 Å². The molecule has 0 aromatic heterocycles. The van der Waals surface area contributed by atoms with Gasteiger partial charge in [-0.25, -0.2) is 8.78 Å². The lowest BCUT2D eigenvalue weighted by atomic mass is 9.93. The molecule has 2 N–H and O–H groups in total. The van der Waals surface area contributed by atoms with Crippen LogP contribution in [0, 0.1) is 25.5 Å². The topological polar surface area (TPSA) is 26.0 Å². The fraction of sp³-hybridized carbons (Fsp3) is 0.250. The molecule has 1 atom stereocenters. The molecule has 19 heavy (non-hydrogen) atoms. The van der Waals surface area contributed by atoms with Gasteiger partial charge in [-0.1, -0.05) is 18.2 Å². The molecule has 2 aromatic rings. The van der Waals surface area contributed by atoms with Gasteiger partial charge in [-0.3, -0.25) is 0 Å². The maximum atomic E-state index is 13.2. The van der Waals surface area contributed by atoms with E-state index < -0.39 is 17.7 Å². The molecule has 1 nitrogen and oxygen atoms in total. The maximum absolute atomic E-state index is 13.2. The van der Waals surface area contributed by atoms with Gasteiger partial charge in [0.15, 0.2) is 0 Å². The Bertz CT molecular complexity index is 553. The SMILES string of the molecule is Cc1cccc(C)c1CC(N)c1cc(F)cc(F)c1. The highest BCUT2D eigenvalue weighted by atomic mass is 19.1. The molecule has 0 aliphatic heterocycles. The van der Waals surface area contributed by atoms with E-state index >= 15 is 0 Å². The Kier molecular flexibility index (Phi) is 3.96. The van der Waals surface area contributed by atoms with Crippen LogP contribution >= 0.6 is 0 Å². The normalized spacial score (nSPS) is 12.5. The first-order chi connectivity index (χ1) is 8.97. The van der Waals surface area contributed by atoms with Gasteiger partial charge in [0.05, 0.1) is 0 Å². The van der Waals surface area contributed by atoms with Crippen LogP contribution in [0.15, 0.2) is 36.4 Å². The fourth-order valence-electron chi connectivity index (χ4n) is 2.30. The lowest BCUT2D eigenvalue weighted by molar-refractivity contribution is 0.572. The van der Waals surface area contributed by atoms with Gasteiger partial charge in [0.1, 0.15) is 11.6 Å². The first kappa shape index (κ1) is 13.7. The van der Waals surface area contributed by atoms with Crippen molar-refractivity contribution in [2.45, 2.75) is 26.3 Å². The molecule has 0 amide bonds. The Morgan fingerprint density at radius 1 is 1.00 bits per heavy atom. The lowest BCUT2D eigenvalue weighted by Crippen LogP contribution is -2.15. The summed E-state index contributed by atoms with van der Waals surface area (Å²) in [5.41, 5.74) is 9.99. The minimum Gasteiger partial charge on any atom is -0.324 e. The van der Waals surface area contributed by atoms with Crippen LogP contribution < -0.4 is 5.73 Å². The monoisotopic (exact) mass is 261 g/mol. The van der Waals surface area contributed by atoms with Crippen molar-refractivity contribution in [3.8, 4) is 0 Å². The second-order valence-corrected chi connectivity index (χ2v) is 4.88. The summed E-state index contributed by atoms with van der Waals surface area (Å²) in [6, 6.07) is 9.05. The van der Waals surface area contributed by atoms with Crippen LogP contribution in [0.3, 0.4) is 0 Å². The zero-order chi connectivity index (χ0) is 14.0. The van der Waals surface area contributed by atoms with Crippen molar-refractivity contribution in [3.63, 3.8) is 0 Å². The molecule has 1 unspecified atom stereocenters. The van der Waals surface area contributed by atoms with Gasteiger partial charge < -0.3 is 5.73 Å². The summed E-state index contributed by atoms with van der Waals surface area (Å²) in [5, 5.41) is 0. The van der Waals surface area contributed by atoms with Crippen molar-refractivity contribution in [2.24, 2.45) is 5.73 Å². The predicted octanol–water partition coefficient (Wildman–Crippen LogP) is 3.82. The molecule has 0 spiro atoms. The van der Waals surface area contributed by atoms with E-state index in [1.54, 1.807) is 0 Å². The van der Waals surface area contributed by atoms with Crippen LogP contribution in [0.5, 0.6) is 0 Å². The second-order valence-electron chi connectivity index (χ2n) is 4.88. The van der Waals surface area contributed by atoms with Crippen LogP contribution in [0.1, 0.15) is 28.3 Å². The summed E-state index contributed by atoms with van der Waals surface area (Å²) in [4.78, 5) is 0. The largest absolute Gasteiger partial charge is 0.324 e. The Balaban J connectivity index is 2.28. The molecule has 0 saturated carbocycles. The Morgan fingerprint density at radius 2 is 1.53 bits per heavy atom. The molecule has 2 aromatic carbocycles. The summed E-state index contributed by atoms with van der Waals surface area (Å²) >= 11 is 0. The van der Waals surface area contributed by atoms with Gasteiger partial charge >= 0.3 is 0 Å². The average Bonchev–Trinajstić information content (AvgIpc) is 2.32. The summed E-state index contributed by atoms with van der Waals surface area (Å²) in [5.74, 6) is -1.18. The first-order valence-electron chi connectivity index (χ1n) is 6.24. The van der Waals surface area contributed by atoms with Crippen molar-refractivity contribution < 1.29 is 8.78 Å². The van der Waals surface area contributed by atoms with Crippen molar-refractivity contribution in [1.82, 2.24) is 0 Å². The standard InChI is InChI=1S/C16H17F2N/c1-10-4-3-5-11(2)15(10)9-16(19)12-6-13(17)8-14(18)7-12/h3-8,16H,9,19H2,1-2H3. The van der Waals surface area contributed by atoms with Gasteiger partial charge in [0.25, 0.3) is 0 Å². The molecule has 2 rings (SSSR count). The maximum Gasteiger partial charge on any atom is 0.126 e. The Labute approximate surface area is 112 Å². The Hall–Kier alpha value is -1.74. The summed E-state index contributed by atoms with van der Waals surface area (Å²) in [6.45, 7) is 4.03. The average molecular weight is 261 g/mol. The molecule has 0 saturated heterocycles. The number of halogens is 2. The van der Waals surface area contributed by atoms with E-state index in [4.69, 9.17) is 5.73 Å². The number of rotatable bonds is 3. The molecule has 0 radical (unpaired) electrons. The summed E-state index contributed by atoms with van der Waals surface area (Å²) in [6.07, 6.45) is 0.571. The van der Waals surface area contributed by atoms with Crippen molar-refractivity contribution in [2.75, 3.05) is 0 Å². The third-order valence-electron chi connectivity index (χ3n) is 3.38. The zero-order valence-electron chi connectivity index (χ0n) is 11.1. The number of hydrogen-bond acceptors (Lipinski definition) is 1. The van der Waals surface area contributed by atoms with Gasteiger partial charge in [0, 0.05) is 12.1 Å². The first-order valence-corrected chi connectivity index (χ1v) is 6.24. The van der Waals surface area contributed by atoms with E-state index in [1.807, 2.05) is 32.0 Å². The second kappa shape index (κ2) is 5.49. The van der Waals surface area contributed by atoms with E-state index in [9.17, 15) is 8.78 Å². The molecular formula is C16H17F2N. The number of benzene rings is 2. The quantitative estimate of drug-likeness (QED) is 0.893. The lowest BCUT2D eigenvalue weighted by Gasteiger charge is -2.16. The van der Waals surface area contributed by atoms with Gasteiger partial charge in [-0.05, 0) is 54.7 Å². The zero-order valence-corrected chi connectivity index (χ0v) is 11.1. The molecule has 0 fully saturated rings. The molecular weight excluding hydrogens is 244 g/mol. The van der Waals surface area contributed by atoms with Gasteiger partial charge in [-0.15, -0.1) is 0 Å². The van der Waals surface area contributed by atoms with Crippen LogP contribution in [-0.4, -0.2) is 0 Å². The van der Waals surface area contributed by atoms with Crippen LogP contribution in [0.2, 0.25) is 0 Å². The van der Waals surface area contributed by atoms with Crippen molar-refractivity contribution in [1.29, 1.82) is 0 Å². The number of aryl methyl sites for hydroxylation is 2. The van der Waals surface area contributed by atoms with E-state index in [2.05, 4.69) is 0 Å². The molecule has 0 heterocycles. The number of nitrogens with two attached hydrogens (primary N) is 1. The highest BCUT2D eigenvalue weighted by molar-refractivity contribution is 5.35. The molecule has 0 aliphatic carbocycles. The van der Waals surface area contributed by atoms with Crippen LogP contribution in [-0.2, 0) is 6.42 Å². The van der Waals surface area contributed by atoms with Crippen molar-refractivity contribution in [3.05, 3.63) is 70.3 Å². The predicted molar refractivity (Wildman–Crippen MR) is 72.9 cm³/mol. The fourth-order valence-corrected chi connectivity index (χ4v) is 2.30. The highest BCUT2D eigenvalue weighted by Gasteiger charge is 2.12. The smallest absolute Gasteiger partial charge is 0.126 e. The molecule has 100 valence electrons. The Morgan fingerprint density at radius 3 is 2.05 bits per heavy atom. The van der Waals surface area contributed by atoms with E-state index in [1.165, 1.54) is 12.1 Å². The minimum atomic E-state index is -0.591. The van der Waals surface area contributed by atoms with Crippen LogP contribution in [0.25, 0.3) is 0 Å². The van der Waals surface area contributed by atoms with Crippen LogP contribution in [0.4, 0.5) is 8.78 Å². The van der Waals surface area contributed by atoms with E-state index in [0.29, 0.717) is 12.0 Å². The summed E-state index contributed by atoms with van der Waals surface area (Å²) < 4.78 is 26.4. The third kappa shape index (κ3) is 3.18. The molecule has 0 aliphatic rings. The molecule has 0 bridgehead atoms. The van der Waals surface area contributed by atoms with E-state index in [0.717, 1.165) is 22.8 Å². The summed E-state index contributed by atoms with van der Waals surface area (Å²) in [7, 11) is 0.